The molecule has 3 heterocycles. The second-order valence-corrected chi connectivity index (χ2v) is 8.79. The molecule has 0 unspecified atom stereocenters. The number of hydrogen-bond acceptors (Lipinski definition) is 6. The number of imide groups is 1. The first-order chi connectivity index (χ1) is 16.9. The van der Waals surface area contributed by atoms with E-state index in [-0.39, 0.29) is 43.2 Å². The summed E-state index contributed by atoms with van der Waals surface area (Å²) in [6.07, 6.45) is 1.60. The summed E-state index contributed by atoms with van der Waals surface area (Å²) in [5.41, 5.74) is 0.218. The number of carbonyl (C=O) groups is 4. The van der Waals surface area contributed by atoms with Gasteiger partial charge in [-0.25, -0.2) is 4.79 Å². The number of benzene rings is 1. The Morgan fingerprint density at radius 1 is 0.971 bits per heavy atom. The van der Waals surface area contributed by atoms with Crippen molar-refractivity contribution in [2.75, 3.05) is 39.3 Å². The summed E-state index contributed by atoms with van der Waals surface area (Å²) in [5, 5.41) is 0. The molecule has 1 aromatic heterocycles. The van der Waals surface area contributed by atoms with Gasteiger partial charge in [0.15, 0.2) is 0 Å². The molecule has 4 rings (SSSR count). The van der Waals surface area contributed by atoms with E-state index in [1.165, 1.54) is 4.90 Å². The maximum atomic E-state index is 13.7. The van der Waals surface area contributed by atoms with E-state index in [9.17, 15) is 19.2 Å². The lowest BCUT2D eigenvalue weighted by Gasteiger charge is -2.36. The van der Waals surface area contributed by atoms with Gasteiger partial charge < -0.3 is 14.5 Å². The number of nitrogens with zero attached hydrogens (tertiary/aromatic N) is 4. The van der Waals surface area contributed by atoms with Crippen molar-refractivity contribution in [2.45, 2.75) is 31.6 Å². The van der Waals surface area contributed by atoms with Crippen molar-refractivity contribution in [2.24, 2.45) is 0 Å². The van der Waals surface area contributed by atoms with Gasteiger partial charge in [0, 0.05) is 63.9 Å². The number of rotatable bonds is 7. The zero-order valence-electron chi connectivity index (χ0n) is 19.9. The minimum atomic E-state index is -1.24. The first kappa shape index (κ1) is 24.4. The Kier molecular flexibility index (Phi) is 7.43. The lowest BCUT2D eigenvalue weighted by Crippen LogP contribution is -2.52. The molecule has 0 N–H and O–H groups in total. The molecule has 0 aliphatic carbocycles. The number of ether oxygens (including phenoxy) is 1. The van der Waals surface area contributed by atoms with Crippen molar-refractivity contribution in [1.82, 2.24) is 19.7 Å². The molecule has 2 aromatic rings. The van der Waals surface area contributed by atoms with Crippen LogP contribution in [0.25, 0.3) is 0 Å². The normalized spacial score (nSPS) is 20.3. The molecule has 1 aromatic carbocycles. The van der Waals surface area contributed by atoms with Gasteiger partial charge in [0.2, 0.25) is 17.7 Å². The first-order valence-electron chi connectivity index (χ1n) is 11.9. The summed E-state index contributed by atoms with van der Waals surface area (Å²) in [6, 6.07) is 14.6. The summed E-state index contributed by atoms with van der Waals surface area (Å²) in [6.45, 7) is 3.71. The van der Waals surface area contributed by atoms with E-state index in [0.29, 0.717) is 44.8 Å². The van der Waals surface area contributed by atoms with Crippen LogP contribution in [0.15, 0.2) is 54.7 Å². The summed E-state index contributed by atoms with van der Waals surface area (Å²) < 4.78 is 5.04. The van der Waals surface area contributed by atoms with E-state index in [1.54, 1.807) is 35.1 Å². The molecule has 184 valence electrons. The van der Waals surface area contributed by atoms with Crippen LogP contribution in [0.4, 0.5) is 4.79 Å². The van der Waals surface area contributed by atoms with E-state index < -0.39 is 5.41 Å². The van der Waals surface area contributed by atoms with Crippen molar-refractivity contribution in [3.8, 4) is 0 Å². The van der Waals surface area contributed by atoms with Crippen molar-refractivity contribution >= 4 is 23.8 Å². The van der Waals surface area contributed by atoms with E-state index in [4.69, 9.17) is 4.74 Å². The zero-order valence-corrected chi connectivity index (χ0v) is 19.9. The molecular formula is C26H30N4O5. The summed E-state index contributed by atoms with van der Waals surface area (Å²) in [4.78, 5) is 60.9. The van der Waals surface area contributed by atoms with Gasteiger partial charge in [0.05, 0.1) is 12.0 Å². The first-order valence-corrected chi connectivity index (χ1v) is 11.9. The summed E-state index contributed by atoms with van der Waals surface area (Å²) in [5.74, 6) is -0.831. The summed E-state index contributed by atoms with van der Waals surface area (Å²) >= 11 is 0. The number of pyridine rings is 1. The lowest BCUT2D eigenvalue weighted by atomic mass is 9.75. The van der Waals surface area contributed by atoms with Crippen LogP contribution in [-0.4, -0.2) is 82.8 Å². The predicted octanol–water partition coefficient (Wildman–Crippen LogP) is 2.01. The highest BCUT2D eigenvalue weighted by Crippen LogP contribution is 2.40. The molecule has 0 bridgehead atoms. The monoisotopic (exact) mass is 478 g/mol. The molecule has 0 saturated carbocycles. The largest absolute Gasteiger partial charge is 0.450 e. The van der Waals surface area contributed by atoms with E-state index in [2.05, 4.69) is 4.98 Å². The fraction of sp³-hybridized carbons (Fsp3) is 0.423. The number of piperazine rings is 1. The third-order valence-electron chi connectivity index (χ3n) is 6.66. The van der Waals surface area contributed by atoms with E-state index in [1.807, 2.05) is 36.4 Å². The molecule has 1 atom stereocenters. The molecule has 35 heavy (non-hydrogen) atoms. The molecular weight excluding hydrogens is 448 g/mol. The molecule has 0 radical (unpaired) electrons. The number of carbonyl (C=O) groups excluding carboxylic acids is 4. The van der Waals surface area contributed by atoms with Gasteiger partial charge in [-0.1, -0.05) is 36.4 Å². The molecule has 4 amide bonds. The lowest BCUT2D eigenvalue weighted by molar-refractivity contribution is -0.143. The van der Waals surface area contributed by atoms with Crippen LogP contribution >= 0.6 is 0 Å². The number of amides is 4. The van der Waals surface area contributed by atoms with Gasteiger partial charge >= 0.3 is 6.09 Å². The Labute approximate surface area is 204 Å². The molecule has 2 aliphatic rings. The molecule has 2 saturated heterocycles. The van der Waals surface area contributed by atoms with Gasteiger partial charge in [-0.05, 0) is 24.6 Å². The summed E-state index contributed by atoms with van der Waals surface area (Å²) in [7, 11) is 0. The van der Waals surface area contributed by atoms with E-state index in [0.717, 1.165) is 5.69 Å². The fourth-order valence-corrected chi connectivity index (χ4v) is 4.75. The van der Waals surface area contributed by atoms with Crippen LogP contribution in [0.5, 0.6) is 0 Å². The average Bonchev–Trinajstić information content (AvgIpc) is 3.13. The quantitative estimate of drug-likeness (QED) is 0.565. The van der Waals surface area contributed by atoms with Gasteiger partial charge in [0.25, 0.3) is 0 Å². The third-order valence-corrected chi connectivity index (χ3v) is 6.66. The van der Waals surface area contributed by atoms with Gasteiger partial charge in [0.1, 0.15) is 0 Å². The highest BCUT2D eigenvalue weighted by atomic mass is 16.6. The Balaban J connectivity index is 1.50. The van der Waals surface area contributed by atoms with Crippen LogP contribution in [0.3, 0.4) is 0 Å². The van der Waals surface area contributed by atoms with Crippen LogP contribution in [0, 0.1) is 0 Å². The fourth-order valence-electron chi connectivity index (χ4n) is 4.75. The van der Waals surface area contributed by atoms with Crippen molar-refractivity contribution in [3.63, 3.8) is 0 Å². The van der Waals surface area contributed by atoms with Gasteiger partial charge in [-0.2, -0.15) is 0 Å². The molecule has 9 nitrogen and oxygen atoms in total. The van der Waals surface area contributed by atoms with Crippen LogP contribution in [-0.2, 0) is 31.0 Å². The smallest absolute Gasteiger partial charge is 0.409 e. The third kappa shape index (κ3) is 5.18. The molecule has 9 heteroatoms. The standard InChI is InChI=1S/C26H30N4O5/c1-2-35-25(34)29-16-14-28(15-17-29)22(31)18-26(20-8-4-3-5-9-20)19-23(32)30(24(26)33)13-11-21-10-6-7-12-27-21/h3-10,12H,2,11,13-19H2,1H3/t26-/m0/s1. The Hall–Kier alpha value is -3.75. The average molecular weight is 479 g/mol. The van der Waals surface area contributed by atoms with Crippen molar-refractivity contribution < 1.29 is 23.9 Å². The Bertz CT molecular complexity index is 1070. The number of likely N-dealkylation sites (tertiary alicyclic amines) is 1. The highest BCUT2D eigenvalue weighted by Gasteiger charge is 2.54. The predicted molar refractivity (Wildman–Crippen MR) is 127 cm³/mol. The molecule has 2 aliphatic heterocycles. The highest BCUT2D eigenvalue weighted by molar-refractivity contribution is 6.10. The van der Waals surface area contributed by atoms with Crippen LogP contribution < -0.4 is 0 Å². The van der Waals surface area contributed by atoms with Gasteiger partial charge in [-0.3, -0.25) is 24.3 Å². The van der Waals surface area contributed by atoms with Crippen molar-refractivity contribution in [1.29, 1.82) is 0 Å². The Morgan fingerprint density at radius 3 is 2.31 bits per heavy atom. The zero-order chi connectivity index (χ0) is 24.8. The SMILES string of the molecule is CCOC(=O)N1CCN(C(=O)C[C@@]2(c3ccccc3)CC(=O)N(CCc3ccccn3)C2=O)CC1. The number of aromatic nitrogens is 1. The number of hydrogen-bond donors (Lipinski definition) is 0. The Morgan fingerprint density at radius 2 is 1.66 bits per heavy atom. The maximum absolute atomic E-state index is 13.7. The topological polar surface area (TPSA) is 100 Å². The van der Waals surface area contributed by atoms with Crippen LogP contribution in [0.2, 0.25) is 0 Å². The second-order valence-electron chi connectivity index (χ2n) is 8.79. The van der Waals surface area contributed by atoms with Crippen LogP contribution in [0.1, 0.15) is 31.0 Å². The van der Waals surface area contributed by atoms with E-state index >= 15 is 0 Å². The second kappa shape index (κ2) is 10.7. The van der Waals surface area contributed by atoms with Gasteiger partial charge in [-0.15, -0.1) is 0 Å². The maximum Gasteiger partial charge on any atom is 0.409 e. The minimum Gasteiger partial charge on any atom is -0.450 e. The minimum absolute atomic E-state index is 0.0490. The molecule has 2 fully saturated rings. The molecule has 0 spiro atoms. The van der Waals surface area contributed by atoms with Crippen molar-refractivity contribution in [3.05, 3.63) is 66.0 Å².